The van der Waals surface area contributed by atoms with Crippen molar-refractivity contribution in [2.24, 2.45) is 11.1 Å². The Hall–Kier alpha value is -1.99. The molecule has 1 aromatic rings. The molecule has 102 valence electrons. The van der Waals surface area contributed by atoms with E-state index >= 15 is 0 Å². The van der Waals surface area contributed by atoms with Crippen molar-refractivity contribution in [2.45, 2.75) is 13.8 Å². The number of ether oxygens (including phenoxy) is 1. The number of amides is 1. The average Bonchev–Trinajstić information content (AvgIpc) is 2.37. The van der Waals surface area contributed by atoms with Gasteiger partial charge in [0.2, 0.25) is 5.91 Å². The number of carbonyl (C=O) groups excluding carboxylic acids is 1. The Bertz CT molecular complexity index is 475. The largest absolute Gasteiger partial charge is 0.493 e. The molecule has 0 fully saturated rings. The second-order valence-corrected chi connectivity index (χ2v) is 5.15. The summed E-state index contributed by atoms with van der Waals surface area (Å²) < 4.78 is 5.69. The van der Waals surface area contributed by atoms with Crippen LogP contribution in [0.15, 0.2) is 24.3 Å². The Morgan fingerprint density at radius 2 is 2.26 bits per heavy atom. The van der Waals surface area contributed by atoms with Gasteiger partial charge in [-0.05, 0) is 18.2 Å². The van der Waals surface area contributed by atoms with Gasteiger partial charge < -0.3 is 15.8 Å². The van der Waals surface area contributed by atoms with Crippen LogP contribution in [-0.4, -0.2) is 25.6 Å². The minimum absolute atomic E-state index is 0.0560. The fraction of sp³-hybridized carbons (Fsp3) is 0.400. The zero-order valence-electron chi connectivity index (χ0n) is 11.4. The Balaban J connectivity index is 2.54. The number of hydrogen-bond acceptors (Lipinski definition) is 3. The highest BCUT2D eigenvalue weighted by Gasteiger charge is 2.18. The van der Waals surface area contributed by atoms with E-state index in [1.54, 1.807) is 24.3 Å². The van der Waals surface area contributed by atoms with Gasteiger partial charge in [0.1, 0.15) is 5.75 Å². The van der Waals surface area contributed by atoms with E-state index in [1.165, 1.54) is 0 Å². The van der Waals surface area contributed by atoms with Crippen LogP contribution in [0.1, 0.15) is 24.2 Å². The molecule has 3 N–H and O–H groups in total. The topological polar surface area (TPSA) is 64.3 Å². The third-order valence-electron chi connectivity index (χ3n) is 2.58. The summed E-state index contributed by atoms with van der Waals surface area (Å²) >= 11 is 0. The molecule has 0 bridgehead atoms. The lowest BCUT2D eigenvalue weighted by atomic mass is 9.95. The van der Waals surface area contributed by atoms with Crippen LogP contribution in [0.25, 0.3) is 0 Å². The molecule has 4 nitrogen and oxygen atoms in total. The molecule has 4 heteroatoms. The van der Waals surface area contributed by atoms with Crippen molar-refractivity contribution in [3.05, 3.63) is 29.8 Å². The van der Waals surface area contributed by atoms with Crippen molar-refractivity contribution in [1.29, 1.82) is 0 Å². The normalized spacial score (nSPS) is 10.8. The molecule has 0 heterocycles. The van der Waals surface area contributed by atoms with E-state index in [4.69, 9.17) is 16.9 Å². The van der Waals surface area contributed by atoms with Gasteiger partial charge in [-0.25, -0.2) is 0 Å². The zero-order chi connectivity index (χ0) is 14.3. The first-order valence-electron chi connectivity index (χ1n) is 6.11. The van der Waals surface area contributed by atoms with E-state index in [1.807, 2.05) is 0 Å². The molecule has 0 spiro atoms. The van der Waals surface area contributed by atoms with Gasteiger partial charge >= 0.3 is 0 Å². The molecule has 0 saturated carbocycles. The fourth-order valence-corrected chi connectivity index (χ4v) is 1.54. The number of nitrogens with two attached hydrogens (primary N) is 1. The van der Waals surface area contributed by atoms with E-state index in [2.05, 4.69) is 25.1 Å². The number of carbonyl (C=O) groups is 1. The van der Waals surface area contributed by atoms with Gasteiger partial charge in [-0.15, -0.1) is 6.42 Å². The molecule has 0 atom stereocenters. The second kappa shape index (κ2) is 6.81. The van der Waals surface area contributed by atoms with E-state index in [0.29, 0.717) is 24.5 Å². The highest BCUT2D eigenvalue weighted by atomic mass is 16.5. The van der Waals surface area contributed by atoms with Crippen molar-refractivity contribution in [3.8, 4) is 18.1 Å². The molecule has 1 aromatic carbocycles. The SMILES string of the molecule is C#CCNCC(C)(C)COc1cccc(C(N)=O)c1. The summed E-state index contributed by atoms with van der Waals surface area (Å²) in [6.45, 7) is 5.98. The zero-order valence-corrected chi connectivity index (χ0v) is 11.4. The third-order valence-corrected chi connectivity index (χ3v) is 2.58. The summed E-state index contributed by atoms with van der Waals surface area (Å²) in [7, 11) is 0. The summed E-state index contributed by atoms with van der Waals surface area (Å²) in [5, 5.41) is 3.15. The lowest BCUT2D eigenvalue weighted by molar-refractivity contribution is 0.0999. The van der Waals surface area contributed by atoms with E-state index in [-0.39, 0.29) is 5.41 Å². The van der Waals surface area contributed by atoms with Crippen LogP contribution in [-0.2, 0) is 0 Å². The second-order valence-electron chi connectivity index (χ2n) is 5.15. The summed E-state index contributed by atoms with van der Waals surface area (Å²) in [5.41, 5.74) is 5.61. The van der Waals surface area contributed by atoms with Gasteiger partial charge in [0.05, 0.1) is 13.2 Å². The Labute approximate surface area is 114 Å². The molecule has 19 heavy (non-hydrogen) atoms. The number of hydrogen-bond donors (Lipinski definition) is 2. The highest BCUT2D eigenvalue weighted by molar-refractivity contribution is 5.93. The van der Waals surface area contributed by atoms with Crippen LogP contribution in [0, 0.1) is 17.8 Å². The van der Waals surface area contributed by atoms with Crippen molar-refractivity contribution < 1.29 is 9.53 Å². The minimum atomic E-state index is -0.458. The smallest absolute Gasteiger partial charge is 0.248 e. The van der Waals surface area contributed by atoms with Crippen molar-refractivity contribution in [1.82, 2.24) is 5.32 Å². The maximum atomic E-state index is 11.1. The summed E-state index contributed by atoms with van der Waals surface area (Å²) in [6, 6.07) is 6.86. The highest BCUT2D eigenvalue weighted by Crippen LogP contribution is 2.19. The Morgan fingerprint density at radius 1 is 1.53 bits per heavy atom. The van der Waals surface area contributed by atoms with Crippen LogP contribution in [0.2, 0.25) is 0 Å². The first-order chi connectivity index (χ1) is 8.94. The van der Waals surface area contributed by atoms with E-state index in [9.17, 15) is 4.79 Å². The predicted octanol–water partition coefficient (Wildman–Crippen LogP) is 1.41. The minimum Gasteiger partial charge on any atom is -0.493 e. The standard InChI is InChI=1S/C15H20N2O2/c1-4-8-17-10-15(2,3)11-19-13-7-5-6-12(9-13)14(16)18/h1,5-7,9,17H,8,10-11H2,2-3H3,(H2,16,18). The van der Waals surface area contributed by atoms with Crippen LogP contribution in [0.5, 0.6) is 5.75 Å². The van der Waals surface area contributed by atoms with Crippen LogP contribution in [0.4, 0.5) is 0 Å². The number of nitrogens with one attached hydrogen (secondary N) is 1. The third kappa shape index (κ3) is 5.45. The predicted molar refractivity (Wildman–Crippen MR) is 75.9 cm³/mol. The number of primary amides is 1. The first-order valence-corrected chi connectivity index (χ1v) is 6.11. The molecular formula is C15H20N2O2. The maximum Gasteiger partial charge on any atom is 0.248 e. The molecule has 0 unspecified atom stereocenters. The van der Waals surface area contributed by atoms with Crippen LogP contribution in [0.3, 0.4) is 0 Å². The summed E-state index contributed by atoms with van der Waals surface area (Å²) in [6.07, 6.45) is 5.18. The van der Waals surface area contributed by atoms with Crippen LogP contribution >= 0.6 is 0 Å². The van der Waals surface area contributed by atoms with Crippen molar-refractivity contribution >= 4 is 5.91 Å². The molecule has 1 rings (SSSR count). The maximum absolute atomic E-state index is 11.1. The summed E-state index contributed by atoms with van der Waals surface area (Å²) in [5.74, 6) is 2.71. The fourth-order valence-electron chi connectivity index (χ4n) is 1.54. The van der Waals surface area contributed by atoms with Gasteiger partial charge in [0.15, 0.2) is 0 Å². The van der Waals surface area contributed by atoms with E-state index in [0.717, 1.165) is 6.54 Å². The number of benzene rings is 1. The Morgan fingerprint density at radius 3 is 2.89 bits per heavy atom. The number of rotatable bonds is 7. The van der Waals surface area contributed by atoms with Crippen molar-refractivity contribution in [3.63, 3.8) is 0 Å². The van der Waals surface area contributed by atoms with Gasteiger partial charge in [-0.2, -0.15) is 0 Å². The lowest BCUT2D eigenvalue weighted by Gasteiger charge is -2.24. The average molecular weight is 260 g/mol. The van der Waals surface area contributed by atoms with Crippen LogP contribution < -0.4 is 15.8 Å². The quantitative estimate of drug-likeness (QED) is 0.575. The molecule has 0 aliphatic rings. The molecule has 1 amide bonds. The van der Waals surface area contributed by atoms with Gasteiger partial charge in [-0.1, -0.05) is 25.8 Å². The Kier molecular flexibility index (Phi) is 5.40. The summed E-state index contributed by atoms with van der Waals surface area (Å²) in [4.78, 5) is 11.1. The molecule has 0 saturated heterocycles. The monoisotopic (exact) mass is 260 g/mol. The lowest BCUT2D eigenvalue weighted by Crippen LogP contribution is -2.34. The molecule has 0 radical (unpaired) electrons. The molecule has 0 aromatic heterocycles. The van der Waals surface area contributed by atoms with Gasteiger partial charge in [-0.3, -0.25) is 4.79 Å². The first kappa shape index (κ1) is 15.1. The van der Waals surface area contributed by atoms with Crippen molar-refractivity contribution in [2.75, 3.05) is 19.7 Å². The molecular weight excluding hydrogens is 240 g/mol. The molecule has 0 aliphatic heterocycles. The number of terminal acetylenes is 1. The van der Waals surface area contributed by atoms with E-state index < -0.39 is 5.91 Å². The molecule has 0 aliphatic carbocycles. The van der Waals surface area contributed by atoms with Gasteiger partial charge in [0, 0.05) is 17.5 Å². The van der Waals surface area contributed by atoms with Gasteiger partial charge in [0.25, 0.3) is 0 Å².